The summed E-state index contributed by atoms with van der Waals surface area (Å²) in [4.78, 5) is 4.70. The van der Waals surface area contributed by atoms with Crippen LogP contribution in [-0.4, -0.2) is 19.7 Å². The van der Waals surface area contributed by atoms with Crippen molar-refractivity contribution >= 4 is 33.2 Å². The van der Waals surface area contributed by atoms with Gasteiger partial charge in [0.1, 0.15) is 22.5 Å². The molecule has 0 atom stereocenters. The van der Waals surface area contributed by atoms with Gasteiger partial charge in [0.2, 0.25) is 5.13 Å². The Kier molecular flexibility index (Phi) is 5.25. The second kappa shape index (κ2) is 8.37. The molecular weight excluding hydrogens is 497 g/mol. The number of rotatable bonds is 5. The van der Waals surface area contributed by atoms with E-state index in [0.717, 1.165) is 41.9 Å². The highest BCUT2D eigenvalue weighted by atomic mass is 32.1. The van der Waals surface area contributed by atoms with Crippen LogP contribution in [0.1, 0.15) is 24.4 Å². The van der Waals surface area contributed by atoms with Gasteiger partial charge in [-0.2, -0.15) is 13.2 Å². The third-order valence-electron chi connectivity index (χ3n) is 5.90. The van der Waals surface area contributed by atoms with Crippen LogP contribution in [0, 0.1) is 11.6 Å². The topological polar surface area (TPSA) is 55.6 Å². The summed E-state index contributed by atoms with van der Waals surface area (Å²) in [5, 5.41) is 11.3. The van der Waals surface area contributed by atoms with Crippen molar-refractivity contribution in [1.29, 1.82) is 0 Å². The van der Waals surface area contributed by atoms with Gasteiger partial charge in [0.05, 0.1) is 22.3 Å². The molecule has 0 spiro atoms. The molecule has 0 amide bonds. The van der Waals surface area contributed by atoms with Crippen molar-refractivity contribution in [3.8, 4) is 22.0 Å². The molecular formula is C25H16F5N5S. The highest BCUT2D eigenvalue weighted by molar-refractivity contribution is 7.18. The highest BCUT2D eigenvalue weighted by Crippen LogP contribution is 2.42. The minimum atomic E-state index is -4.48. The molecule has 0 bridgehead atoms. The third kappa shape index (κ3) is 4.19. The summed E-state index contributed by atoms with van der Waals surface area (Å²) >= 11 is 1.01. The fourth-order valence-electron chi connectivity index (χ4n) is 4.05. The Balaban J connectivity index is 1.34. The Labute approximate surface area is 205 Å². The lowest BCUT2D eigenvalue weighted by Gasteiger charge is -2.09. The number of hydrogen-bond acceptors (Lipinski definition) is 5. The maximum atomic E-state index is 15.1. The molecule has 36 heavy (non-hydrogen) atoms. The zero-order chi connectivity index (χ0) is 25.0. The molecule has 0 aliphatic heterocycles. The second-order valence-corrected chi connectivity index (χ2v) is 9.46. The number of nitrogens with one attached hydrogen (secondary N) is 1. The molecule has 1 fully saturated rings. The number of anilines is 2. The normalized spacial score (nSPS) is 13.9. The lowest BCUT2D eigenvalue weighted by Crippen LogP contribution is -2.04. The maximum Gasteiger partial charge on any atom is 0.416 e. The lowest BCUT2D eigenvalue weighted by atomic mass is 10.1. The Bertz CT molecular complexity index is 1590. The van der Waals surface area contributed by atoms with Gasteiger partial charge in [-0.25, -0.2) is 13.8 Å². The molecule has 0 saturated heterocycles. The zero-order valence-electron chi connectivity index (χ0n) is 18.4. The molecule has 1 N–H and O–H groups in total. The van der Waals surface area contributed by atoms with Crippen molar-refractivity contribution in [2.45, 2.75) is 25.1 Å². The van der Waals surface area contributed by atoms with E-state index in [-0.39, 0.29) is 33.2 Å². The molecule has 11 heteroatoms. The smallest absolute Gasteiger partial charge is 0.328 e. The number of fused-ring (bicyclic) bond motifs is 1. The average molecular weight is 513 g/mol. The number of imidazole rings is 1. The minimum absolute atomic E-state index is 0.111. The summed E-state index contributed by atoms with van der Waals surface area (Å²) in [6.07, 6.45) is -2.58. The van der Waals surface area contributed by atoms with Gasteiger partial charge >= 0.3 is 6.18 Å². The summed E-state index contributed by atoms with van der Waals surface area (Å²) in [6, 6.07) is 13.9. The van der Waals surface area contributed by atoms with Crippen LogP contribution in [0.4, 0.5) is 32.8 Å². The van der Waals surface area contributed by atoms with Crippen LogP contribution in [0.2, 0.25) is 0 Å². The van der Waals surface area contributed by atoms with Crippen LogP contribution in [0.3, 0.4) is 0 Å². The summed E-state index contributed by atoms with van der Waals surface area (Å²) < 4.78 is 69.7. The SMILES string of the molecule is Fc1ccc(-c2nc3cc(Nc4nnc(-c5cccc(C(F)(F)F)c5)s4)c(F)cc3n2C2CC2)cc1. The monoisotopic (exact) mass is 513 g/mol. The third-order valence-corrected chi connectivity index (χ3v) is 6.78. The van der Waals surface area contributed by atoms with Crippen molar-refractivity contribution in [3.05, 3.63) is 77.9 Å². The van der Waals surface area contributed by atoms with Crippen LogP contribution < -0.4 is 5.32 Å². The van der Waals surface area contributed by atoms with E-state index in [1.165, 1.54) is 30.3 Å². The lowest BCUT2D eigenvalue weighted by molar-refractivity contribution is -0.137. The van der Waals surface area contributed by atoms with Crippen LogP contribution in [-0.2, 0) is 6.18 Å². The largest absolute Gasteiger partial charge is 0.416 e. The van der Waals surface area contributed by atoms with E-state index >= 15 is 4.39 Å². The molecule has 2 heterocycles. The first-order valence-electron chi connectivity index (χ1n) is 11.0. The number of halogens is 5. The Hall–Kier alpha value is -3.86. The molecule has 5 nitrogen and oxygen atoms in total. The van der Waals surface area contributed by atoms with Crippen LogP contribution in [0.15, 0.2) is 60.7 Å². The molecule has 3 aromatic carbocycles. The number of hydrogen-bond donors (Lipinski definition) is 1. The molecule has 2 aromatic heterocycles. The fraction of sp³-hybridized carbons (Fsp3) is 0.160. The first-order chi connectivity index (χ1) is 17.3. The van der Waals surface area contributed by atoms with E-state index in [2.05, 4.69) is 15.5 Å². The Morgan fingerprint density at radius 2 is 1.69 bits per heavy atom. The van der Waals surface area contributed by atoms with Crippen molar-refractivity contribution in [1.82, 2.24) is 19.7 Å². The van der Waals surface area contributed by atoms with Gasteiger partial charge in [0.15, 0.2) is 0 Å². The first kappa shape index (κ1) is 22.6. The molecule has 1 aliphatic carbocycles. The van der Waals surface area contributed by atoms with Gasteiger partial charge in [-0.05, 0) is 55.3 Å². The van der Waals surface area contributed by atoms with Gasteiger partial charge in [-0.3, -0.25) is 0 Å². The Morgan fingerprint density at radius 3 is 2.42 bits per heavy atom. The maximum absolute atomic E-state index is 15.1. The summed E-state index contributed by atoms with van der Waals surface area (Å²) in [5.41, 5.74) is 1.49. The van der Waals surface area contributed by atoms with E-state index < -0.39 is 17.6 Å². The van der Waals surface area contributed by atoms with Gasteiger partial charge in [0.25, 0.3) is 0 Å². The molecule has 182 valence electrons. The quantitative estimate of drug-likeness (QED) is 0.246. The zero-order valence-corrected chi connectivity index (χ0v) is 19.2. The van der Waals surface area contributed by atoms with Crippen molar-refractivity contribution < 1.29 is 22.0 Å². The second-order valence-electron chi connectivity index (χ2n) is 8.48. The van der Waals surface area contributed by atoms with Crippen LogP contribution in [0.25, 0.3) is 33.0 Å². The van der Waals surface area contributed by atoms with E-state index in [0.29, 0.717) is 16.9 Å². The van der Waals surface area contributed by atoms with E-state index in [1.807, 2.05) is 4.57 Å². The average Bonchev–Trinajstić information content (AvgIpc) is 3.46. The summed E-state index contributed by atoms with van der Waals surface area (Å²) in [6.45, 7) is 0. The predicted octanol–water partition coefficient (Wildman–Crippen LogP) is 7.60. The van der Waals surface area contributed by atoms with Gasteiger partial charge in [0, 0.05) is 23.2 Å². The fourth-order valence-corrected chi connectivity index (χ4v) is 4.80. The van der Waals surface area contributed by atoms with Crippen molar-refractivity contribution in [3.63, 3.8) is 0 Å². The summed E-state index contributed by atoms with van der Waals surface area (Å²) in [5.74, 6) is -0.260. The number of benzene rings is 3. The van der Waals surface area contributed by atoms with Crippen LogP contribution >= 0.6 is 11.3 Å². The van der Waals surface area contributed by atoms with Crippen LogP contribution in [0.5, 0.6) is 0 Å². The summed E-state index contributed by atoms with van der Waals surface area (Å²) in [7, 11) is 0. The van der Waals surface area contributed by atoms with Crippen molar-refractivity contribution in [2.24, 2.45) is 0 Å². The van der Waals surface area contributed by atoms with E-state index in [4.69, 9.17) is 4.98 Å². The Morgan fingerprint density at radius 1 is 0.917 bits per heavy atom. The van der Waals surface area contributed by atoms with Gasteiger partial charge in [-0.15, -0.1) is 10.2 Å². The molecule has 0 radical (unpaired) electrons. The molecule has 1 saturated carbocycles. The number of alkyl halides is 3. The van der Waals surface area contributed by atoms with E-state index in [1.54, 1.807) is 18.2 Å². The predicted molar refractivity (Wildman–Crippen MR) is 127 cm³/mol. The number of aromatic nitrogens is 4. The standard InChI is InChI=1S/C25H16F5N5S/c26-16-6-4-13(5-7-16)22-31-20-12-19(18(27)11-21(20)35(22)17-8-9-17)32-24-34-33-23(36-24)14-2-1-3-15(10-14)25(28,29)30/h1-7,10-12,17H,8-9H2,(H,32,34). The molecule has 1 aliphatic rings. The van der Waals surface area contributed by atoms with Gasteiger partial charge in [-0.1, -0.05) is 23.5 Å². The van der Waals surface area contributed by atoms with E-state index in [9.17, 15) is 17.6 Å². The molecule has 6 rings (SSSR count). The molecule has 5 aromatic rings. The first-order valence-corrected chi connectivity index (χ1v) is 11.8. The van der Waals surface area contributed by atoms with Crippen molar-refractivity contribution in [2.75, 3.05) is 5.32 Å². The minimum Gasteiger partial charge on any atom is -0.328 e. The van der Waals surface area contributed by atoms with Gasteiger partial charge < -0.3 is 9.88 Å². The molecule has 0 unspecified atom stereocenters. The highest BCUT2D eigenvalue weighted by Gasteiger charge is 2.31. The number of nitrogens with zero attached hydrogens (tertiary/aromatic N) is 4.